The van der Waals surface area contributed by atoms with E-state index in [1.807, 2.05) is 13.1 Å². The lowest BCUT2D eigenvalue weighted by Gasteiger charge is -2.21. The molecule has 0 aliphatic heterocycles. The molecular formula is C17H31N3O. The molecule has 4 heteroatoms. The van der Waals surface area contributed by atoms with Gasteiger partial charge in [-0.25, -0.2) is 4.98 Å². The third-order valence-corrected chi connectivity index (χ3v) is 3.93. The average molecular weight is 293 g/mol. The first-order chi connectivity index (χ1) is 10.2. The summed E-state index contributed by atoms with van der Waals surface area (Å²) >= 11 is 0. The molecule has 4 nitrogen and oxygen atoms in total. The summed E-state index contributed by atoms with van der Waals surface area (Å²) in [5.74, 6) is 0.274. The average Bonchev–Trinajstić information content (AvgIpc) is 2.98. The summed E-state index contributed by atoms with van der Waals surface area (Å²) in [6.07, 6.45) is 12.4. The fraction of sp³-hybridized carbons (Fsp3) is 0.765. The van der Waals surface area contributed by atoms with Crippen molar-refractivity contribution >= 4 is 5.78 Å². The van der Waals surface area contributed by atoms with Gasteiger partial charge in [0.15, 0.2) is 0 Å². The monoisotopic (exact) mass is 293 g/mol. The number of nitrogens with zero attached hydrogens (tertiary/aromatic N) is 1. The van der Waals surface area contributed by atoms with Crippen molar-refractivity contribution in [3.8, 4) is 0 Å². The van der Waals surface area contributed by atoms with Crippen molar-refractivity contribution < 1.29 is 4.79 Å². The molecule has 2 N–H and O–H groups in total. The lowest BCUT2D eigenvalue weighted by atomic mass is 10.0. The highest BCUT2D eigenvalue weighted by Gasteiger charge is 2.19. The number of carbonyl (C=O) groups excluding carboxylic acids is 1. The van der Waals surface area contributed by atoms with E-state index < -0.39 is 0 Å². The van der Waals surface area contributed by atoms with Crippen LogP contribution in [0.2, 0.25) is 0 Å². The topological polar surface area (TPSA) is 57.8 Å². The van der Waals surface area contributed by atoms with Crippen LogP contribution < -0.4 is 5.32 Å². The minimum Gasteiger partial charge on any atom is -0.351 e. The van der Waals surface area contributed by atoms with Crippen molar-refractivity contribution in [1.82, 2.24) is 15.3 Å². The molecule has 0 aliphatic carbocycles. The van der Waals surface area contributed by atoms with E-state index in [4.69, 9.17) is 0 Å². The quantitative estimate of drug-likeness (QED) is 0.578. The molecule has 21 heavy (non-hydrogen) atoms. The Kier molecular flexibility index (Phi) is 8.99. The first-order valence-corrected chi connectivity index (χ1v) is 8.43. The van der Waals surface area contributed by atoms with Crippen LogP contribution in [0.4, 0.5) is 0 Å². The zero-order valence-corrected chi connectivity index (χ0v) is 13.8. The van der Waals surface area contributed by atoms with Gasteiger partial charge in [-0.15, -0.1) is 0 Å². The number of hydrogen-bond acceptors (Lipinski definition) is 3. The van der Waals surface area contributed by atoms with E-state index in [0.717, 1.165) is 12.1 Å². The van der Waals surface area contributed by atoms with Crippen molar-refractivity contribution in [1.29, 1.82) is 0 Å². The first-order valence-electron chi connectivity index (χ1n) is 8.43. The second kappa shape index (κ2) is 10.6. The Morgan fingerprint density at radius 1 is 1.29 bits per heavy atom. The lowest BCUT2D eigenvalue weighted by molar-refractivity contribution is -0.121. The van der Waals surface area contributed by atoms with Gasteiger partial charge in [0, 0.05) is 25.1 Å². The number of hydrogen-bond donors (Lipinski definition) is 2. The Morgan fingerprint density at radius 2 is 2.05 bits per heavy atom. The van der Waals surface area contributed by atoms with Gasteiger partial charge >= 0.3 is 0 Å². The molecule has 0 spiro atoms. The highest BCUT2D eigenvalue weighted by molar-refractivity contribution is 5.84. The maximum Gasteiger partial charge on any atom is 0.149 e. The molecule has 0 amide bonds. The van der Waals surface area contributed by atoms with Crippen molar-refractivity contribution in [2.45, 2.75) is 84.2 Å². The van der Waals surface area contributed by atoms with Crippen molar-refractivity contribution in [3.05, 3.63) is 18.2 Å². The third kappa shape index (κ3) is 7.42. The predicted molar refractivity (Wildman–Crippen MR) is 87.4 cm³/mol. The van der Waals surface area contributed by atoms with E-state index in [2.05, 4.69) is 29.1 Å². The predicted octanol–water partition coefficient (Wildman–Crippen LogP) is 3.64. The zero-order valence-electron chi connectivity index (χ0n) is 13.8. The highest BCUT2D eigenvalue weighted by Crippen LogP contribution is 2.09. The molecule has 0 saturated carbocycles. The summed E-state index contributed by atoms with van der Waals surface area (Å²) in [5, 5.41) is 3.49. The van der Waals surface area contributed by atoms with Gasteiger partial charge in [0.25, 0.3) is 0 Å². The fourth-order valence-corrected chi connectivity index (χ4v) is 2.60. The first kappa shape index (κ1) is 17.9. The number of unbranched alkanes of at least 4 members (excludes halogenated alkanes) is 4. The van der Waals surface area contributed by atoms with E-state index in [9.17, 15) is 4.79 Å². The molecule has 1 unspecified atom stereocenters. The van der Waals surface area contributed by atoms with Crippen LogP contribution in [0.15, 0.2) is 12.5 Å². The second-order valence-electron chi connectivity index (χ2n) is 5.91. The Labute approximate surface area is 129 Å². The number of rotatable bonds is 12. The molecule has 0 aliphatic rings. The van der Waals surface area contributed by atoms with Crippen LogP contribution in [0.5, 0.6) is 0 Å². The lowest BCUT2D eigenvalue weighted by Crippen LogP contribution is -2.43. The molecule has 1 heterocycles. The number of nitrogens with one attached hydrogen (secondary N) is 2. The van der Waals surface area contributed by atoms with Crippen LogP contribution in [0.3, 0.4) is 0 Å². The van der Waals surface area contributed by atoms with Gasteiger partial charge < -0.3 is 10.3 Å². The van der Waals surface area contributed by atoms with Gasteiger partial charge in [-0.3, -0.25) is 4.79 Å². The summed E-state index contributed by atoms with van der Waals surface area (Å²) in [7, 11) is 0. The summed E-state index contributed by atoms with van der Waals surface area (Å²) in [5.41, 5.74) is 0.949. The minimum absolute atomic E-state index is 0.107. The van der Waals surface area contributed by atoms with Crippen LogP contribution in [0.25, 0.3) is 0 Å². The van der Waals surface area contributed by atoms with Crippen molar-refractivity contribution in [3.63, 3.8) is 0 Å². The number of aromatic nitrogens is 2. The number of Topliss-reactive ketones (excluding diaryl/α,β-unsaturated/α-hetero) is 1. The number of H-pyrrole nitrogens is 1. The molecule has 2 atom stereocenters. The third-order valence-electron chi connectivity index (χ3n) is 3.93. The molecule has 1 aromatic rings. The zero-order chi connectivity index (χ0) is 15.5. The molecule has 0 bridgehead atoms. The Balaban J connectivity index is 2.35. The van der Waals surface area contributed by atoms with Gasteiger partial charge in [0.2, 0.25) is 0 Å². The maximum absolute atomic E-state index is 12.1. The normalized spacial score (nSPS) is 14.0. The minimum atomic E-state index is -0.107. The van der Waals surface area contributed by atoms with E-state index in [1.165, 1.54) is 32.1 Å². The molecule has 0 fully saturated rings. The number of carbonyl (C=O) groups is 1. The standard InChI is InChI=1S/C17H31N3O/c1-4-6-7-8-9-10-14(3)20-16(17(21)5-2)11-15-12-18-13-19-15/h12-14,16,20H,4-11H2,1-3H3,(H,18,19)/t14?,16-/m0/s1. The van der Waals surface area contributed by atoms with E-state index in [1.54, 1.807) is 6.33 Å². The second-order valence-corrected chi connectivity index (χ2v) is 5.91. The number of ketones is 1. The smallest absolute Gasteiger partial charge is 0.149 e. The van der Waals surface area contributed by atoms with Gasteiger partial charge in [-0.05, 0) is 13.3 Å². The van der Waals surface area contributed by atoms with Gasteiger partial charge in [-0.2, -0.15) is 0 Å². The van der Waals surface area contributed by atoms with Crippen molar-refractivity contribution in [2.24, 2.45) is 0 Å². The van der Waals surface area contributed by atoms with Crippen LogP contribution in [-0.2, 0) is 11.2 Å². The molecule has 1 rings (SSSR count). The van der Waals surface area contributed by atoms with Gasteiger partial charge in [0.05, 0.1) is 18.1 Å². The molecule has 1 aromatic heterocycles. The Morgan fingerprint density at radius 3 is 2.67 bits per heavy atom. The summed E-state index contributed by atoms with van der Waals surface area (Å²) < 4.78 is 0. The van der Waals surface area contributed by atoms with Gasteiger partial charge in [0.1, 0.15) is 5.78 Å². The Hall–Kier alpha value is -1.16. The van der Waals surface area contributed by atoms with Crippen LogP contribution in [0.1, 0.15) is 71.4 Å². The summed E-state index contributed by atoms with van der Waals surface area (Å²) in [6.45, 7) is 6.34. The van der Waals surface area contributed by atoms with E-state index in [-0.39, 0.29) is 11.8 Å². The largest absolute Gasteiger partial charge is 0.351 e. The molecule has 0 aromatic carbocycles. The van der Waals surface area contributed by atoms with Crippen molar-refractivity contribution in [2.75, 3.05) is 0 Å². The van der Waals surface area contributed by atoms with Gasteiger partial charge in [-0.1, -0.05) is 46.0 Å². The van der Waals surface area contributed by atoms with E-state index >= 15 is 0 Å². The molecule has 120 valence electrons. The van der Waals surface area contributed by atoms with Crippen LogP contribution >= 0.6 is 0 Å². The van der Waals surface area contributed by atoms with Crippen LogP contribution in [-0.4, -0.2) is 27.8 Å². The number of aromatic amines is 1. The molecule has 0 saturated heterocycles. The summed E-state index contributed by atoms with van der Waals surface area (Å²) in [4.78, 5) is 19.3. The van der Waals surface area contributed by atoms with E-state index in [0.29, 0.717) is 18.9 Å². The molecular weight excluding hydrogens is 262 g/mol. The summed E-state index contributed by atoms with van der Waals surface area (Å²) in [6, 6.07) is 0.273. The highest BCUT2D eigenvalue weighted by atomic mass is 16.1. The Bertz CT molecular complexity index is 375. The fourth-order valence-electron chi connectivity index (χ4n) is 2.60. The maximum atomic E-state index is 12.1. The van der Waals surface area contributed by atoms with Crippen LogP contribution in [0, 0.1) is 0 Å². The number of imidazole rings is 1. The SMILES string of the molecule is CCCCCCCC(C)N[C@@H](Cc1c[nH]cn1)C(=O)CC. The molecule has 0 radical (unpaired) electrons.